The average Bonchev–Trinajstić information content (AvgIpc) is 2.09. The lowest BCUT2D eigenvalue weighted by molar-refractivity contribution is -0.0329. The zero-order valence-corrected chi connectivity index (χ0v) is 11.0. The molecule has 15 heavy (non-hydrogen) atoms. The first-order valence-electron chi connectivity index (χ1n) is 4.95. The van der Waals surface area contributed by atoms with Gasteiger partial charge in [-0.2, -0.15) is 13.2 Å². The molecular weight excluding hydrogens is 291 g/mol. The zero-order valence-electron chi connectivity index (χ0n) is 8.56. The largest absolute Gasteiger partial charge is 0.441 e. The first-order valence-corrected chi connectivity index (χ1v) is 6.86. The second-order valence-electron chi connectivity index (χ2n) is 3.88. The number of nitrogens with zero attached hydrogens (tertiary/aromatic N) is 1. The molecule has 2 atom stereocenters. The van der Waals surface area contributed by atoms with Crippen LogP contribution in [0.15, 0.2) is 0 Å². The second kappa shape index (κ2) is 5.77. The molecule has 1 nitrogen and oxygen atoms in total. The SMILES string of the molecule is CC1CCN(CCSC(F)(F)F)CC1Br. The molecule has 0 aromatic rings. The van der Waals surface area contributed by atoms with E-state index < -0.39 is 5.51 Å². The minimum Gasteiger partial charge on any atom is -0.301 e. The molecule has 0 amide bonds. The molecule has 1 heterocycles. The van der Waals surface area contributed by atoms with Gasteiger partial charge in [0.2, 0.25) is 0 Å². The van der Waals surface area contributed by atoms with Gasteiger partial charge in [0.25, 0.3) is 0 Å². The van der Waals surface area contributed by atoms with Crippen LogP contribution in [-0.4, -0.2) is 40.6 Å². The number of hydrogen-bond donors (Lipinski definition) is 0. The van der Waals surface area contributed by atoms with Gasteiger partial charge in [0.15, 0.2) is 0 Å². The number of alkyl halides is 4. The van der Waals surface area contributed by atoms with E-state index >= 15 is 0 Å². The average molecular weight is 306 g/mol. The Morgan fingerprint density at radius 1 is 1.47 bits per heavy atom. The van der Waals surface area contributed by atoms with E-state index in [1.54, 1.807) is 0 Å². The van der Waals surface area contributed by atoms with Crippen LogP contribution < -0.4 is 0 Å². The van der Waals surface area contributed by atoms with Crippen molar-refractivity contribution in [1.29, 1.82) is 0 Å². The molecule has 1 aliphatic rings. The minimum atomic E-state index is -4.09. The van der Waals surface area contributed by atoms with Gasteiger partial charge < -0.3 is 4.90 Å². The van der Waals surface area contributed by atoms with Crippen molar-refractivity contribution in [2.24, 2.45) is 5.92 Å². The highest BCUT2D eigenvalue weighted by Gasteiger charge is 2.29. The van der Waals surface area contributed by atoms with E-state index in [2.05, 4.69) is 27.8 Å². The highest BCUT2D eigenvalue weighted by molar-refractivity contribution is 9.09. The molecule has 0 aliphatic carbocycles. The Morgan fingerprint density at radius 3 is 2.67 bits per heavy atom. The Bertz CT molecular complexity index is 200. The molecule has 0 aromatic carbocycles. The highest BCUT2D eigenvalue weighted by Crippen LogP contribution is 2.30. The molecule has 0 spiro atoms. The molecule has 90 valence electrons. The molecule has 0 aromatic heterocycles. The Balaban J connectivity index is 2.17. The Morgan fingerprint density at radius 2 is 2.13 bits per heavy atom. The van der Waals surface area contributed by atoms with Gasteiger partial charge in [-0.25, -0.2) is 0 Å². The van der Waals surface area contributed by atoms with E-state index in [0.717, 1.165) is 19.5 Å². The Labute approximate surface area is 101 Å². The number of hydrogen-bond acceptors (Lipinski definition) is 2. The van der Waals surface area contributed by atoms with E-state index in [-0.39, 0.29) is 17.5 Å². The van der Waals surface area contributed by atoms with Crippen molar-refractivity contribution >= 4 is 27.7 Å². The Hall–Kier alpha value is 0.580. The van der Waals surface area contributed by atoms with E-state index in [0.29, 0.717) is 17.3 Å². The van der Waals surface area contributed by atoms with Crippen molar-refractivity contribution in [1.82, 2.24) is 4.90 Å². The van der Waals surface area contributed by atoms with Gasteiger partial charge in [-0.3, -0.25) is 0 Å². The third-order valence-corrected chi connectivity index (χ3v) is 4.53. The number of thioether (sulfide) groups is 1. The fourth-order valence-corrected chi connectivity index (χ4v) is 2.83. The molecular formula is C9H15BrF3NS. The number of likely N-dealkylation sites (tertiary alicyclic amines) is 1. The maximum atomic E-state index is 11.9. The Kier molecular flexibility index (Phi) is 5.25. The normalized spacial score (nSPS) is 29.4. The van der Waals surface area contributed by atoms with E-state index in [1.165, 1.54) is 0 Å². The van der Waals surface area contributed by atoms with Crippen molar-refractivity contribution < 1.29 is 13.2 Å². The lowest BCUT2D eigenvalue weighted by Gasteiger charge is -2.34. The van der Waals surface area contributed by atoms with Gasteiger partial charge in [-0.05, 0) is 30.6 Å². The summed E-state index contributed by atoms with van der Waals surface area (Å²) in [7, 11) is 0. The standard InChI is InChI=1S/C9H15BrF3NS/c1-7-2-3-14(6-8(7)10)4-5-15-9(11,12)13/h7-8H,2-6H2,1H3. The van der Waals surface area contributed by atoms with E-state index in [1.807, 2.05) is 0 Å². The maximum Gasteiger partial charge on any atom is 0.441 e. The number of rotatable bonds is 3. The number of piperidine rings is 1. The minimum absolute atomic E-state index is 0.0723. The van der Waals surface area contributed by atoms with Gasteiger partial charge in [0.05, 0.1) is 0 Å². The van der Waals surface area contributed by atoms with Crippen LogP contribution in [0, 0.1) is 5.92 Å². The van der Waals surface area contributed by atoms with Crippen LogP contribution in [0.1, 0.15) is 13.3 Å². The van der Waals surface area contributed by atoms with Gasteiger partial charge in [0.1, 0.15) is 0 Å². The summed E-state index contributed by atoms with van der Waals surface area (Å²) in [5.74, 6) is 0.758. The van der Waals surface area contributed by atoms with Crippen molar-refractivity contribution in [2.75, 3.05) is 25.4 Å². The molecule has 0 N–H and O–H groups in total. The number of halogens is 4. The van der Waals surface area contributed by atoms with Crippen LogP contribution in [0.25, 0.3) is 0 Å². The third kappa shape index (κ3) is 5.45. The van der Waals surface area contributed by atoms with E-state index in [9.17, 15) is 13.2 Å². The van der Waals surface area contributed by atoms with Gasteiger partial charge in [0, 0.05) is 23.7 Å². The molecule has 1 saturated heterocycles. The highest BCUT2D eigenvalue weighted by atomic mass is 79.9. The molecule has 1 fully saturated rings. The van der Waals surface area contributed by atoms with Crippen molar-refractivity contribution in [3.8, 4) is 0 Å². The summed E-state index contributed by atoms with van der Waals surface area (Å²) in [5, 5.41) is 0. The molecule has 0 radical (unpaired) electrons. The molecule has 2 unspecified atom stereocenters. The maximum absolute atomic E-state index is 11.9. The fourth-order valence-electron chi connectivity index (χ4n) is 1.58. The van der Waals surface area contributed by atoms with Crippen LogP contribution in [0.5, 0.6) is 0 Å². The predicted molar refractivity (Wildman–Crippen MR) is 61.4 cm³/mol. The van der Waals surface area contributed by atoms with Gasteiger partial charge in [-0.15, -0.1) is 0 Å². The summed E-state index contributed by atoms with van der Waals surface area (Å²) in [4.78, 5) is 2.51. The van der Waals surface area contributed by atoms with E-state index in [4.69, 9.17) is 0 Å². The van der Waals surface area contributed by atoms with Crippen LogP contribution in [0.2, 0.25) is 0 Å². The fraction of sp³-hybridized carbons (Fsp3) is 1.00. The van der Waals surface area contributed by atoms with Crippen molar-refractivity contribution in [2.45, 2.75) is 23.7 Å². The topological polar surface area (TPSA) is 3.24 Å². The molecule has 0 bridgehead atoms. The van der Waals surface area contributed by atoms with Crippen molar-refractivity contribution in [3.63, 3.8) is 0 Å². The summed E-state index contributed by atoms with van der Waals surface area (Å²) < 4.78 is 35.7. The van der Waals surface area contributed by atoms with Crippen LogP contribution in [0.3, 0.4) is 0 Å². The smallest absolute Gasteiger partial charge is 0.301 e. The quantitative estimate of drug-likeness (QED) is 0.736. The lowest BCUT2D eigenvalue weighted by atomic mass is 9.99. The molecule has 1 rings (SSSR count). The molecule has 0 saturated carbocycles. The summed E-state index contributed by atoms with van der Waals surface area (Å²) in [6.45, 7) is 4.47. The third-order valence-electron chi connectivity index (χ3n) is 2.62. The molecule has 1 aliphatic heterocycles. The first-order chi connectivity index (χ1) is 6.88. The van der Waals surface area contributed by atoms with Crippen LogP contribution in [0.4, 0.5) is 13.2 Å². The summed E-state index contributed by atoms with van der Waals surface area (Å²) >= 11 is 3.63. The molecule has 6 heteroatoms. The predicted octanol–water partition coefficient (Wildman–Crippen LogP) is 3.34. The van der Waals surface area contributed by atoms with Gasteiger partial charge >= 0.3 is 5.51 Å². The summed E-state index contributed by atoms with van der Waals surface area (Å²) in [6.07, 6.45) is 1.06. The van der Waals surface area contributed by atoms with Crippen LogP contribution in [-0.2, 0) is 0 Å². The monoisotopic (exact) mass is 305 g/mol. The van der Waals surface area contributed by atoms with Gasteiger partial charge in [-0.1, -0.05) is 22.9 Å². The van der Waals surface area contributed by atoms with Crippen molar-refractivity contribution in [3.05, 3.63) is 0 Å². The van der Waals surface area contributed by atoms with Crippen LogP contribution >= 0.6 is 27.7 Å². The second-order valence-corrected chi connectivity index (χ2v) is 6.21. The summed E-state index contributed by atoms with van der Waals surface area (Å²) in [6, 6.07) is 0. The first kappa shape index (κ1) is 13.6. The lowest BCUT2D eigenvalue weighted by Crippen LogP contribution is -2.41. The zero-order chi connectivity index (χ0) is 11.5. The summed E-state index contributed by atoms with van der Waals surface area (Å²) in [5.41, 5.74) is -4.09.